The highest BCUT2D eigenvalue weighted by Gasteiger charge is 2.14. The maximum atomic E-state index is 5.41. The highest BCUT2D eigenvalue weighted by molar-refractivity contribution is 5.40. The smallest absolute Gasteiger partial charge is 0.122 e. The number of methoxy groups -OCH3 is 2. The highest BCUT2D eigenvalue weighted by Crippen LogP contribution is 2.27. The van der Waals surface area contributed by atoms with E-state index in [1.165, 1.54) is 31.4 Å². The van der Waals surface area contributed by atoms with Crippen molar-refractivity contribution in [3.05, 3.63) is 23.8 Å². The quantitative estimate of drug-likeness (QED) is 0.870. The van der Waals surface area contributed by atoms with Crippen molar-refractivity contribution in [3.63, 3.8) is 0 Å². The third-order valence-electron chi connectivity index (χ3n) is 3.71. The molecule has 1 aromatic carbocycles. The van der Waals surface area contributed by atoms with E-state index >= 15 is 0 Å². The average molecular weight is 249 g/mol. The maximum Gasteiger partial charge on any atom is 0.122 e. The van der Waals surface area contributed by atoms with Crippen LogP contribution >= 0.6 is 0 Å². The van der Waals surface area contributed by atoms with E-state index in [2.05, 4.69) is 11.4 Å². The zero-order valence-electron chi connectivity index (χ0n) is 11.4. The Morgan fingerprint density at radius 2 is 2.17 bits per heavy atom. The van der Waals surface area contributed by atoms with Gasteiger partial charge in [-0.3, -0.25) is 0 Å². The van der Waals surface area contributed by atoms with Crippen LogP contribution in [0.15, 0.2) is 18.2 Å². The fourth-order valence-corrected chi connectivity index (χ4v) is 2.61. The molecule has 100 valence electrons. The standard InChI is InChI=1S/C15H23NO2/c1-17-14-7-8-15(18-2)13(10-14)6-5-12-4-3-9-16-11-12/h7-8,10,12,16H,3-6,9,11H2,1-2H3. The van der Waals surface area contributed by atoms with Crippen LogP contribution in [0.2, 0.25) is 0 Å². The van der Waals surface area contributed by atoms with Crippen LogP contribution in [0, 0.1) is 5.92 Å². The van der Waals surface area contributed by atoms with Crippen molar-refractivity contribution in [1.82, 2.24) is 5.32 Å². The van der Waals surface area contributed by atoms with Gasteiger partial charge in [0.2, 0.25) is 0 Å². The van der Waals surface area contributed by atoms with Crippen LogP contribution in [0.1, 0.15) is 24.8 Å². The van der Waals surface area contributed by atoms with Crippen molar-refractivity contribution < 1.29 is 9.47 Å². The van der Waals surface area contributed by atoms with Crippen molar-refractivity contribution in [1.29, 1.82) is 0 Å². The summed E-state index contributed by atoms with van der Waals surface area (Å²) in [4.78, 5) is 0. The van der Waals surface area contributed by atoms with Crippen LogP contribution in [-0.4, -0.2) is 27.3 Å². The minimum absolute atomic E-state index is 0.801. The summed E-state index contributed by atoms with van der Waals surface area (Å²) in [6, 6.07) is 6.03. The molecule has 0 bridgehead atoms. The second-order valence-corrected chi connectivity index (χ2v) is 4.93. The van der Waals surface area contributed by atoms with E-state index in [0.29, 0.717) is 0 Å². The summed E-state index contributed by atoms with van der Waals surface area (Å²) in [6.07, 6.45) is 4.93. The van der Waals surface area contributed by atoms with Gasteiger partial charge < -0.3 is 14.8 Å². The van der Waals surface area contributed by atoms with Gasteiger partial charge in [0.25, 0.3) is 0 Å². The number of nitrogens with one attached hydrogen (secondary N) is 1. The Morgan fingerprint density at radius 1 is 1.28 bits per heavy atom. The lowest BCUT2D eigenvalue weighted by Gasteiger charge is -2.23. The molecule has 0 amide bonds. The zero-order chi connectivity index (χ0) is 12.8. The fourth-order valence-electron chi connectivity index (χ4n) is 2.61. The lowest BCUT2D eigenvalue weighted by atomic mass is 9.92. The number of hydrogen-bond acceptors (Lipinski definition) is 3. The molecule has 1 fully saturated rings. The van der Waals surface area contributed by atoms with Crippen LogP contribution in [0.25, 0.3) is 0 Å². The number of aryl methyl sites for hydroxylation is 1. The van der Waals surface area contributed by atoms with E-state index in [1.54, 1.807) is 14.2 Å². The Kier molecular flexibility index (Phi) is 4.88. The van der Waals surface area contributed by atoms with Gasteiger partial charge in [-0.25, -0.2) is 0 Å². The summed E-state index contributed by atoms with van der Waals surface area (Å²) in [5.41, 5.74) is 1.25. The monoisotopic (exact) mass is 249 g/mol. The van der Waals surface area contributed by atoms with Gasteiger partial charge in [-0.05, 0) is 68.5 Å². The number of piperidine rings is 1. The SMILES string of the molecule is COc1ccc(OC)c(CCC2CCCNC2)c1. The molecule has 0 aliphatic carbocycles. The topological polar surface area (TPSA) is 30.5 Å². The van der Waals surface area contributed by atoms with Crippen molar-refractivity contribution in [2.75, 3.05) is 27.3 Å². The van der Waals surface area contributed by atoms with Gasteiger partial charge in [0.1, 0.15) is 11.5 Å². The van der Waals surface area contributed by atoms with Crippen LogP contribution in [0.4, 0.5) is 0 Å². The van der Waals surface area contributed by atoms with Gasteiger partial charge in [-0.15, -0.1) is 0 Å². The molecule has 0 spiro atoms. The summed E-state index contributed by atoms with van der Waals surface area (Å²) in [5.74, 6) is 2.68. The molecule has 1 unspecified atom stereocenters. The molecule has 1 atom stereocenters. The summed E-state index contributed by atoms with van der Waals surface area (Å²) in [7, 11) is 3.43. The third-order valence-corrected chi connectivity index (χ3v) is 3.71. The van der Waals surface area contributed by atoms with Crippen LogP contribution in [0.3, 0.4) is 0 Å². The second kappa shape index (κ2) is 6.64. The number of hydrogen-bond donors (Lipinski definition) is 1. The summed E-state index contributed by atoms with van der Waals surface area (Å²) in [6.45, 7) is 2.34. The summed E-state index contributed by atoms with van der Waals surface area (Å²) in [5, 5.41) is 3.47. The van der Waals surface area contributed by atoms with Crippen molar-refractivity contribution >= 4 is 0 Å². The molecule has 0 radical (unpaired) electrons. The molecule has 0 aromatic heterocycles. The van der Waals surface area contributed by atoms with Gasteiger partial charge in [0, 0.05) is 0 Å². The van der Waals surface area contributed by atoms with Crippen molar-refractivity contribution in [2.24, 2.45) is 5.92 Å². The molecule has 3 heteroatoms. The van der Waals surface area contributed by atoms with E-state index in [1.807, 2.05) is 12.1 Å². The molecular formula is C15H23NO2. The lowest BCUT2D eigenvalue weighted by Crippen LogP contribution is -2.29. The molecule has 0 saturated carbocycles. The van der Waals surface area contributed by atoms with E-state index in [-0.39, 0.29) is 0 Å². The molecule has 1 heterocycles. The Labute approximate surface area is 109 Å². The average Bonchev–Trinajstić information content (AvgIpc) is 2.45. The second-order valence-electron chi connectivity index (χ2n) is 4.93. The fraction of sp³-hybridized carbons (Fsp3) is 0.600. The van der Waals surface area contributed by atoms with Gasteiger partial charge in [-0.2, -0.15) is 0 Å². The molecule has 2 rings (SSSR count). The Hall–Kier alpha value is -1.22. The predicted molar refractivity (Wildman–Crippen MR) is 73.5 cm³/mol. The van der Waals surface area contributed by atoms with Gasteiger partial charge in [0.15, 0.2) is 0 Å². The summed E-state index contributed by atoms with van der Waals surface area (Å²) < 4.78 is 10.7. The largest absolute Gasteiger partial charge is 0.497 e. The number of ether oxygens (including phenoxy) is 2. The minimum atomic E-state index is 0.801. The Morgan fingerprint density at radius 3 is 2.83 bits per heavy atom. The highest BCUT2D eigenvalue weighted by atomic mass is 16.5. The van der Waals surface area contributed by atoms with E-state index < -0.39 is 0 Å². The molecule has 1 aromatic rings. The molecule has 1 aliphatic rings. The minimum Gasteiger partial charge on any atom is -0.497 e. The van der Waals surface area contributed by atoms with E-state index in [0.717, 1.165) is 30.4 Å². The number of benzene rings is 1. The maximum absolute atomic E-state index is 5.41. The molecule has 3 nitrogen and oxygen atoms in total. The van der Waals surface area contributed by atoms with Crippen LogP contribution < -0.4 is 14.8 Å². The van der Waals surface area contributed by atoms with E-state index in [9.17, 15) is 0 Å². The predicted octanol–water partition coefficient (Wildman–Crippen LogP) is 2.64. The zero-order valence-corrected chi connectivity index (χ0v) is 11.4. The van der Waals surface area contributed by atoms with Crippen LogP contribution in [0.5, 0.6) is 11.5 Å². The first kappa shape index (κ1) is 13.2. The molecule has 1 N–H and O–H groups in total. The number of rotatable bonds is 5. The Bertz CT molecular complexity index is 373. The Balaban J connectivity index is 1.97. The first-order chi connectivity index (χ1) is 8.83. The van der Waals surface area contributed by atoms with Crippen LogP contribution in [-0.2, 0) is 6.42 Å². The van der Waals surface area contributed by atoms with E-state index in [4.69, 9.17) is 9.47 Å². The molecule has 1 saturated heterocycles. The molecule has 1 aliphatic heterocycles. The first-order valence-electron chi connectivity index (χ1n) is 6.75. The third kappa shape index (κ3) is 3.39. The first-order valence-corrected chi connectivity index (χ1v) is 6.75. The normalized spacial score (nSPS) is 19.6. The van der Waals surface area contributed by atoms with Gasteiger partial charge in [0.05, 0.1) is 14.2 Å². The van der Waals surface area contributed by atoms with Gasteiger partial charge >= 0.3 is 0 Å². The molecular weight excluding hydrogens is 226 g/mol. The lowest BCUT2D eigenvalue weighted by molar-refractivity contribution is 0.353. The van der Waals surface area contributed by atoms with Crippen molar-refractivity contribution in [3.8, 4) is 11.5 Å². The van der Waals surface area contributed by atoms with Crippen molar-refractivity contribution in [2.45, 2.75) is 25.7 Å². The molecule has 18 heavy (non-hydrogen) atoms. The van der Waals surface area contributed by atoms with Gasteiger partial charge in [-0.1, -0.05) is 0 Å². The summed E-state index contributed by atoms with van der Waals surface area (Å²) >= 11 is 0.